The molecule has 1 aliphatic heterocycles. The molecule has 0 aliphatic carbocycles. The van der Waals surface area contributed by atoms with Crippen LogP contribution in [0.3, 0.4) is 0 Å². The maximum Gasteiger partial charge on any atom is 0.246 e. The first-order chi connectivity index (χ1) is 9.87. The Morgan fingerprint density at radius 1 is 1.10 bits per heavy atom. The van der Waals surface area contributed by atoms with Crippen molar-refractivity contribution in [2.24, 2.45) is 11.8 Å². The first-order valence-corrected chi connectivity index (χ1v) is 8.50. The van der Waals surface area contributed by atoms with Crippen LogP contribution in [0.5, 0.6) is 0 Å². The van der Waals surface area contributed by atoms with Crippen molar-refractivity contribution in [1.82, 2.24) is 10.2 Å². The molecule has 1 atom stereocenters. The highest BCUT2D eigenvalue weighted by atomic mass is 16.2. The normalized spacial score (nSPS) is 22.1. The van der Waals surface area contributed by atoms with Crippen molar-refractivity contribution in [3.63, 3.8) is 0 Å². The quantitative estimate of drug-likeness (QED) is 0.785. The minimum atomic E-state index is -0.662. The van der Waals surface area contributed by atoms with Gasteiger partial charge in [0.05, 0.1) is 0 Å². The standard InChI is InChI=1S/C17H32N2O2/c1-7-13(8-2)11-19-15(20)14(12(5)6)18-16(21)17(19,9-3)10-4/h12-14H,7-11H2,1-6H3,(H,18,21). The van der Waals surface area contributed by atoms with Gasteiger partial charge in [0.2, 0.25) is 11.8 Å². The monoisotopic (exact) mass is 296 g/mol. The molecule has 2 amide bonds. The van der Waals surface area contributed by atoms with Gasteiger partial charge in [-0.1, -0.05) is 54.4 Å². The zero-order valence-electron chi connectivity index (χ0n) is 14.5. The Bertz CT molecular complexity index is 371. The van der Waals surface area contributed by atoms with Gasteiger partial charge in [-0.05, 0) is 24.7 Å². The summed E-state index contributed by atoms with van der Waals surface area (Å²) in [5.74, 6) is 0.708. The fourth-order valence-corrected chi connectivity index (χ4v) is 3.31. The van der Waals surface area contributed by atoms with Crippen molar-refractivity contribution in [1.29, 1.82) is 0 Å². The van der Waals surface area contributed by atoms with Crippen LogP contribution in [-0.2, 0) is 9.59 Å². The smallest absolute Gasteiger partial charge is 0.246 e. The SMILES string of the molecule is CCC(CC)CN1C(=O)C(C(C)C)NC(=O)C1(CC)CC. The van der Waals surface area contributed by atoms with Crippen molar-refractivity contribution in [3.8, 4) is 0 Å². The van der Waals surface area contributed by atoms with Crippen molar-refractivity contribution in [2.45, 2.75) is 78.8 Å². The Morgan fingerprint density at radius 2 is 1.62 bits per heavy atom. The molecule has 1 saturated heterocycles. The van der Waals surface area contributed by atoms with Crippen LogP contribution in [0.4, 0.5) is 0 Å². The molecule has 0 bridgehead atoms. The third-order valence-electron chi connectivity index (χ3n) is 5.19. The molecule has 4 heteroatoms. The first-order valence-electron chi connectivity index (χ1n) is 8.50. The molecular formula is C17H32N2O2. The molecular weight excluding hydrogens is 264 g/mol. The number of rotatable bonds is 7. The van der Waals surface area contributed by atoms with Crippen LogP contribution in [0.2, 0.25) is 0 Å². The zero-order valence-corrected chi connectivity index (χ0v) is 14.5. The van der Waals surface area contributed by atoms with E-state index in [1.165, 1.54) is 0 Å². The molecule has 1 rings (SSSR count). The number of hydrogen-bond donors (Lipinski definition) is 1. The summed E-state index contributed by atoms with van der Waals surface area (Å²) in [5.41, 5.74) is -0.662. The van der Waals surface area contributed by atoms with Gasteiger partial charge < -0.3 is 10.2 Å². The molecule has 0 aromatic rings. The van der Waals surface area contributed by atoms with Crippen molar-refractivity contribution in [3.05, 3.63) is 0 Å². The lowest BCUT2D eigenvalue weighted by atomic mass is 9.83. The van der Waals surface area contributed by atoms with Crippen LogP contribution in [0.25, 0.3) is 0 Å². The van der Waals surface area contributed by atoms with Crippen molar-refractivity contribution < 1.29 is 9.59 Å². The molecule has 122 valence electrons. The lowest BCUT2D eigenvalue weighted by Crippen LogP contribution is -2.71. The molecule has 4 nitrogen and oxygen atoms in total. The second-order valence-corrected chi connectivity index (χ2v) is 6.57. The summed E-state index contributed by atoms with van der Waals surface area (Å²) < 4.78 is 0. The Hall–Kier alpha value is -1.06. The van der Waals surface area contributed by atoms with Gasteiger partial charge in [0.25, 0.3) is 0 Å². The lowest BCUT2D eigenvalue weighted by Gasteiger charge is -2.49. The van der Waals surface area contributed by atoms with Gasteiger partial charge in [0.15, 0.2) is 0 Å². The minimum absolute atomic E-state index is 0.0248. The molecule has 1 fully saturated rings. The van der Waals surface area contributed by atoms with Crippen molar-refractivity contribution >= 4 is 11.8 Å². The van der Waals surface area contributed by atoms with Crippen LogP contribution < -0.4 is 5.32 Å². The number of hydrogen-bond acceptors (Lipinski definition) is 2. The summed E-state index contributed by atoms with van der Waals surface area (Å²) in [5, 5.41) is 2.97. The predicted molar refractivity (Wildman–Crippen MR) is 85.9 cm³/mol. The number of carbonyl (C=O) groups excluding carboxylic acids is 2. The number of nitrogens with zero attached hydrogens (tertiary/aromatic N) is 1. The maximum absolute atomic E-state index is 12.9. The highest BCUT2D eigenvalue weighted by molar-refractivity contribution is 5.99. The van der Waals surface area contributed by atoms with E-state index >= 15 is 0 Å². The van der Waals surface area contributed by atoms with Gasteiger partial charge in [-0.3, -0.25) is 9.59 Å². The minimum Gasteiger partial charge on any atom is -0.342 e. The van der Waals surface area contributed by atoms with Crippen LogP contribution in [-0.4, -0.2) is 34.8 Å². The Kier molecular flexibility index (Phi) is 6.24. The number of piperazine rings is 1. The Morgan fingerprint density at radius 3 is 2.00 bits per heavy atom. The fourth-order valence-electron chi connectivity index (χ4n) is 3.31. The fraction of sp³-hybridized carbons (Fsp3) is 0.882. The van der Waals surface area contributed by atoms with E-state index in [4.69, 9.17) is 0 Å². The van der Waals surface area contributed by atoms with Gasteiger partial charge in [0, 0.05) is 6.54 Å². The van der Waals surface area contributed by atoms with Crippen LogP contribution >= 0.6 is 0 Å². The van der Waals surface area contributed by atoms with Gasteiger partial charge >= 0.3 is 0 Å². The topological polar surface area (TPSA) is 49.4 Å². The molecule has 1 N–H and O–H groups in total. The van der Waals surface area contributed by atoms with Crippen LogP contribution in [0.1, 0.15) is 67.2 Å². The summed E-state index contributed by atoms with van der Waals surface area (Å²) in [7, 11) is 0. The first kappa shape index (κ1) is 18.0. The van der Waals surface area contributed by atoms with Crippen LogP contribution in [0.15, 0.2) is 0 Å². The molecule has 1 unspecified atom stereocenters. The third kappa shape index (κ3) is 3.24. The Labute approximate surface area is 129 Å². The summed E-state index contributed by atoms with van der Waals surface area (Å²) in [6, 6.07) is -0.377. The van der Waals surface area contributed by atoms with E-state index in [2.05, 4.69) is 19.2 Å². The van der Waals surface area contributed by atoms with E-state index < -0.39 is 5.54 Å². The second kappa shape index (κ2) is 7.28. The van der Waals surface area contributed by atoms with Gasteiger partial charge in [-0.25, -0.2) is 0 Å². The molecule has 0 aromatic carbocycles. The van der Waals surface area contributed by atoms with E-state index in [9.17, 15) is 9.59 Å². The number of nitrogens with one attached hydrogen (secondary N) is 1. The number of amides is 2. The molecule has 0 radical (unpaired) electrons. The van der Waals surface area contributed by atoms with Gasteiger partial charge in [-0.2, -0.15) is 0 Å². The predicted octanol–water partition coefficient (Wildman–Crippen LogP) is 2.96. The van der Waals surface area contributed by atoms with E-state index in [0.717, 1.165) is 12.8 Å². The van der Waals surface area contributed by atoms with E-state index in [0.29, 0.717) is 25.3 Å². The summed E-state index contributed by atoms with van der Waals surface area (Å²) in [6.45, 7) is 13.0. The molecule has 1 heterocycles. The average molecular weight is 296 g/mol. The molecule has 1 aliphatic rings. The Balaban J connectivity index is 3.17. The molecule has 21 heavy (non-hydrogen) atoms. The van der Waals surface area contributed by atoms with Crippen LogP contribution in [0, 0.1) is 11.8 Å². The third-order valence-corrected chi connectivity index (χ3v) is 5.19. The molecule has 0 aromatic heterocycles. The highest BCUT2D eigenvalue weighted by Crippen LogP contribution is 2.32. The molecule has 0 spiro atoms. The van der Waals surface area contributed by atoms with E-state index in [-0.39, 0.29) is 23.8 Å². The zero-order chi connectivity index (χ0) is 16.2. The van der Waals surface area contributed by atoms with Gasteiger partial charge in [-0.15, -0.1) is 0 Å². The van der Waals surface area contributed by atoms with Crippen molar-refractivity contribution in [2.75, 3.05) is 6.54 Å². The average Bonchev–Trinajstić information content (AvgIpc) is 2.47. The lowest BCUT2D eigenvalue weighted by molar-refractivity contribution is -0.160. The number of carbonyl (C=O) groups is 2. The summed E-state index contributed by atoms with van der Waals surface area (Å²) >= 11 is 0. The maximum atomic E-state index is 12.9. The molecule has 0 saturated carbocycles. The highest BCUT2D eigenvalue weighted by Gasteiger charge is 2.51. The summed E-state index contributed by atoms with van der Waals surface area (Å²) in [6.07, 6.45) is 3.42. The van der Waals surface area contributed by atoms with E-state index in [1.54, 1.807) is 0 Å². The second-order valence-electron chi connectivity index (χ2n) is 6.57. The summed E-state index contributed by atoms with van der Waals surface area (Å²) in [4.78, 5) is 27.5. The van der Waals surface area contributed by atoms with Gasteiger partial charge in [0.1, 0.15) is 11.6 Å². The van der Waals surface area contributed by atoms with E-state index in [1.807, 2.05) is 32.6 Å². The largest absolute Gasteiger partial charge is 0.342 e.